The molecule has 0 saturated carbocycles. The van der Waals surface area contributed by atoms with Gasteiger partial charge in [0, 0.05) is 31.7 Å². The number of aryl methyl sites for hydroxylation is 2. The van der Waals surface area contributed by atoms with E-state index < -0.39 is 0 Å². The van der Waals surface area contributed by atoms with E-state index in [4.69, 9.17) is 4.74 Å². The number of ether oxygens (including phenoxy) is 1. The molecule has 148 valence electrons. The van der Waals surface area contributed by atoms with Gasteiger partial charge in [0.1, 0.15) is 0 Å². The standard InChI is InChI=1S/C20H25N5O3/c1-4-28-20(27)25-11-9-24(10-12-25)18-8-7-17(22-23-18)21-19(26)16-6-5-14(2)15(3)13-16/h5-8,13H,4,9-12H2,1-3H3,(H,21,22,26). The van der Waals surface area contributed by atoms with E-state index in [0.717, 1.165) is 11.1 Å². The minimum absolute atomic E-state index is 0.215. The average Bonchev–Trinajstić information content (AvgIpc) is 2.71. The Kier molecular flexibility index (Phi) is 6.08. The molecular weight excluding hydrogens is 358 g/mol. The molecule has 1 aromatic heterocycles. The van der Waals surface area contributed by atoms with Crippen LogP contribution in [0, 0.1) is 13.8 Å². The number of benzene rings is 1. The Labute approximate surface area is 164 Å². The van der Waals surface area contributed by atoms with E-state index >= 15 is 0 Å². The Morgan fingerprint density at radius 2 is 1.79 bits per heavy atom. The summed E-state index contributed by atoms with van der Waals surface area (Å²) in [4.78, 5) is 27.9. The first-order valence-corrected chi connectivity index (χ1v) is 9.37. The van der Waals surface area contributed by atoms with E-state index in [9.17, 15) is 9.59 Å². The van der Waals surface area contributed by atoms with Crippen molar-refractivity contribution in [2.45, 2.75) is 20.8 Å². The van der Waals surface area contributed by atoms with Gasteiger partial charge in [0.2, 0.25) is 0 Å². The molecule has 3 rings (SSSR count). The molecule has 8 nitrogen and oxygen atoms in total. The van der Waals surface area contributed by atoms with Gasteiger partial charge in [-0.3, -0.25) is 4.79 Å². The van der Waals surface area contributed by atoms with Crippen LogP contribution in [-0.4, -0.2) is 59.9 Å². The SMILES string of the molecule is CCOC(=O)N1CCN(c2ccc(NC(=O)c3ccc(C)c(C)c3)nn2)CC1. The number of hydrogen-bond acceptors (Lipinski definition) is 6. The molecule has 0 bridgehead atoms. The van der Waals surface area contributed by atoms with Crippen molar-refractivity contribution in [2.75, 3.05) is 43.0 Å². The van der Waals surface area contributed by atoms with Crippen LogP contribution >= 0.6 is 0 Å². The number of carbonyl (C=O) groups is 2. The minimum atomic E-state index is -0.280. The second-order valence-electron chi connectivity index (χ2n) is 6.70. The van der Waals surface area contributed by atoms with Crippen LogP contribution in [0.15, 0.2) is 30.3 Å². The molecule has 1 aliphatic heterocycles. The lowest BCUT2D eigenvalue weighted by molar-refractivity contribution is 0.102. The highest BCUT2D eigenvalue weighted by molar-refractivity contribution is 6.03. The Bertz CT molecular complexity index is 845. The fourth-order valence-electron chi connectivity index (χ4n) is 2.96. The van der Waals surface area contributed by atoms with Crippen molar-refractivity contribution in [1.29, 1.82) is 0 Å². The number of hydrogen-bond donors (Lipinski definition) is 1. The van der Waals surface area contributed by atoms with Gasteiger partial charge in [0.05, 0.1) is 6.61 Å². The summed E-state index contributed by atoms with van der Waals surface area (Å²) >= 11 is 0. The third-order valence-electron chi connectivity index (χ3n) is 4.79. The average molecular weight is 383 g/mol. The maximum atomic E-state index is 12.4. The molecule has 0 unspecified atom stereocenters. The van der Waals surface area contributed by atoms with Gasteiger partial charge in [0.15, 0.2) is 11.6 Å². The summed E-state index contributed by atoms with van der Waals surface area (Å²) in [5.41, 5.74) is 2.80. The van der Waals surface area contributed by atoms with Crippen molar-refractivity contribution in [3.05, 3.63) is 47.0 Å². The molecule has 0 radical (unpaired) electrons. The van der Waals surface area contributed by atoms with Crippen LogP contribution in [0.4, 0.5) is 16.4 Å². The van der Waals surface area contributed by atoms with Crippen LogP contribution < -0.4 is 10.2 Å². The largest absolute Gasteiger partial charge is 0.450 e. The molecule has 1 N–H and O–H groups in total. The smallest absolute Gasteiger partial charge is 0.409 e. The summed E-state index contributed by atoms with van der Waals surface area (Å²) < 4.78 is 5.03. The first-order chi connectivity index (χ1) is 13.5. The third-order valence-corrected chi connectivity index (χ3v) is 4.79. The van der Waals surface area contributed by atoms with Crippen LogP contribution in [0.25, 0.3) is 0 Å². The second-order valence-corrected chi connectivity index (χ2v) is 6.70. The lowest BCUT2D eigenvalue weighted by atomic mass is 10.1. The van der Waals surface area contributed by atoms with Crippen molar-refractivity contribution < 1.29 is 14.3 Å². The molecule has 1 fully saturated rings. The predicted molar refractivity (Wildman–Crippen MR) is 107 cm³/mol. The number of piperazine rings is 1. The normalized spacial score (nSPS) is 14.0. The van der Waals surface area contributed by atoms with Crippen molar-refractivity contribution in [1.82, 2.24) is 15.1 Å². The summed E-state index contributed by atoms with van der Waals surface area (Å²) in [6, 6.07) is 9.13. The van der Waals surface area contributed by atoms with E-state index in [0.29, 0.717) is 50.0 Å². The molecule has 1 aromatic carbocycles. The van der Waals surface area contributed by atoms with Crippen LogP contribution in [0.5, 0.6) is 0 Å². The van der Waals surface area contributed by atoms with E-state index in [1.54, 1.807) is 24.0 Å². The Morgan fingerprint density at radius 1 is 1.04 bits per heavy atom. The highest BCUT2D eigenvalue weighted by Gasteiger charge is 2.22. The minimum Gasteiger partial charge on any atom is -0.450 e. The highest BCUT2D eigenvalue weighted by atomic mass is 16.6. The van der Waals surface area contributed by atoms with Crippen LogP contribution in [0.3, 0.4) is 0 Å². The van der Waals surface area contributed by atoms with Crippen LogP contribution in [0.2, 0.25) is 0 Å². The molecule has 2 heterocycles. The fourth-order valence-corrected chi connectivity index (χ4v) is 2.96. The first kappa shape index (κ1) is 19.6. The van der Waals surface area contributed by atoms with Gasteiger partial charge < -0.3 is 19.9 Å². The third kappa shape index (κ3) is 4.57. The zero-order valence-corrected chi connectivity index (χ0v) is 16.4. The molecule has 8 heteroatoms. The number of carbonyl (C=O) groups excluding carboxylic acids is 2. The number of rotatable bonds is 4. The van der Waals surface area contributed by atoms with E-state index in [2.05, 4.69) is 20.4 Å². The molecule has 0 spiro atoms. The van der Waals surface area contributed by atoms with Gasteiger partial charge in [-0.15, -0.1) is 10.2 Å². The first-order valence-electron chi connectivity index (χ1n) is 9.37. The van der Waals surface area contributed by atoms with Crippen molar-refractivity contribution in [3.8, 4) is 0 Å². The van der Waals surface area contributed by atoms with E-state index in [1.807, 2.05) is 32.0 Å². The van der Waals surface area contributed by atoms with Crippen molar-refractivity contribution >= 4 is 23.6 Å². The quantitative estimate of drug-likeness (QED) is 0.873. The molecular formula is C20H25N5O3. The highest BCUT2D eigenvalue weighted by Crippen LogP contribution is 2.16. The van der Waals surface area contributed by atoms with Crippen molar-refractivity contribution in [2.24, 2.45) is 0 Å². The van der Waals surface area contributed by atoms with Crippen LogP contribution in [-0.2, 0) is 4.74 Å². The monoisotopic (exact) mass is 383 g/mol. The van der Waals surface area contributed by atoms with Crippen LogP contribution in [0.1, 0.15) is 28.4 Å². The summed E-state index contributed by atoms with van der Waals surface area (Å²) in [5.74, 6) is 0.901. The molecule has 0 atom stereocenters. The number of nitrogens with zero attached hydrogens (tertiary/aromatic N) is 4. The molecule has 1 saturated heterocycles. The lowest BCUT2D eigenvalue weighted by Crippen LogP contribution is -2.49. The van der Waals surface area contributed by atoms with E-state index in [1.165, 1.54) is 0 Å². The van der Waals surface area contributed by atoms with E-state index in [-0.39, 0.29) is 12.0 Å². The number of anilines is 2. The van der Waals surface area contributed by atoms with Gasteiger partial charge >= 0.3 is 6.09 Å². The maximum absolute atomic E-state index is 12.4. The Balaban J connectivity index is 1.57. The maximum Gasteiger partial charge on any atom is 0.409 e. The Morgan fingerprint density at radius 3 is 2.39 bits per heavy atom. The zero-order chi connectivity index (χ0) is 20.1. The molecule has 2 amide bonds. The molecule has 28 heavy (non-hydrogen) atoms. The molecule has 1 aliphatic rings. The summed E-state index contributed by atoms with van der Waals surface area (Å²) in [6.45, 7) is 8.61. The molecule has 0 aliphatic carbocycles. The summed E-state index contributed by atoms with van der Waals surface area (Å²) in [6.07, 6.45) is -0.280. The summed E-state index contributed by atoms with van der Waals surface area (Å²) in [5, 5.41) is 11.1. The Hall–Kier alpha value is -3.16. The van der Waals surface area contributed by atoms with Gasteiger partial charge in [-0.1, -0.05) is 6.07 Å². The van der Waals surface area contributed by atoms with Crippen molar-refractivity contribution in [3.63, 3.8) is 0 Å². The van der Waals surface area contributed by atoms with Gasteiger partial charge in [-0.05, 0) is 56.2 Å². The number of amides is 2. The lowest BCUT2D eigenvalue weighted by Gasteiger charge is -2.34. The number of nitrogens with one attached hydrogen (secondary N) is 1. The van der Waals surface area contributed by atoms with Gasteiger partial charge in [0.25, 0.3) is 5.91 Å². The number of aromatic nitrogens is 2. The summed E-state index contributed by atoms with van der Waals surface area (Å²) in [7, 11) is 0. The second kappa shape index (κ2) is 8.69. The zero-order valence-electron chi connectivity index (χ0n) is 16.4. The molecule has 2 aromatic rings. The predicted octanol–water partition coefficient (Wildman–Crippen LogP) is 2.62. The van der Waals surface area contributed by atoms with Gasteiger partial charge in [-0.25, -0.2) is 4.79 Å². The fraction of sp³-hybridized carbons (Fsp3) is 0.400. The van der Waals surface area contributed by atoms with Gasteiger partial charge in [-0.2, -0.15) is 0 Å². The topological polar surface area (TPSA) is 87.7 Å².